The first-order chi connectivity index (χ1) is 12.6. The largest absolute Gasteiger partial charge is 0.378 e. The van der Waals surface area contributed by atoms with Gasteiger partial charge in [0.2, 0.25) is 0 Å². The third-order valence-corrected chi connectivity index (χ3v) is 4.53. The summed E-state index contributed by atoms with van der Waals surface area (Å²) in [5, 5.41) is 4.37. The van der Waals surface area contributed by atoms with Gasteiger partial charge in [0.1, 0.15) is 11.6 Å². The van der Waals surface area contributed by atoms with E-state index < -0.39 is 0 Å². The summed E-state index contributed by atoms with van der Waals surface area (Å²) in [6, 6.07) is 18.6. The van der Waals surface area contributed by atoms with Gasteiger partial charge in [-0.3, -0.25) is 0 Å². The lowest BCUT2D eigenvalue weighted by atomic mass is 10.1. The first kappa shape index (κ1) is 16.1. The number of hydrogen-bond acceptors (Lipinski definition) is 4. The van der Waals surface area contributed by atoms with Gasteiger partial charge in [0.25, 0.3) is 0 Å². The van der Waals surface area contributed by atoms with Crippen LogP contribution < -0.4 is 10.2 Å². The molecule has 0 saturated heterocycles. The summed E-state index contributed by atoms with van der Waals surface area (Å²) in [6.45, 7) is 0. The fourth-order valence-electron chi connectivity index (χ4n) is 3.07. The molecular weight excluding hydrogens is 322 g/mol. The molecule has 0 aliphatic rings. The monoisotopic (exact) mass is 343 g/mol. The van der Waals surface area contributed by atoms with E-state index in [1.165, 1.54) is 16.9 Å². The van der Waals surface area contributed by atoms with Crippen LogP contribution in [0.5, 0.6) is 0 Å². The Morgan fingerprint density at radius 1 is 0.923 bits per heavy atom. The Balaban J connectivity index is 1.70. The average molecular weight is 343 g/mol. The van der Waals surface area contributed by atoms with E-state index in [0.29, 0.717) is 0 Å². The number of aryl methyl sites for hydroxylation is 1. The smallest absolute Gasteiger partial charge is 0.133 e. The van der Waals surface area contributed by atoms with E-state index in [2.05, 4.69) is 68.2 Å². The number of fused-ring (bicyclic) bond motifs is 1. The van der Waals surface area contributed by atoms with Crippen LogP contribution in [0.25, 0.3) is 22.2 Å². The van der Waals surface area contributed by atoms with Crippen LogP contribution in [0.1, 0.15) is 0 Å². The number of aromatic nitrogens is 3. The van der Waals surface area contributed by atoms with Gasteiger partial charge in [-0.25, -0.2) is 9.97 Å². The van der Waals surface area contributed by atoms with E-state index in [4.69, 9.17) is 0 Å². The van der Waals surface area contributed by atoms with Crippen LogP contribution in [-0.4, -0.2) is 28.6 Å². The molecule has 0 aliphatic heterocycles. The Kier molecular flexibility index (Phi) is 4.05. The molecule has 5 heteroatoms. The van der Waals surface area contributed by atoms with Crippen LogP contribution in [0.4, 0.5) is 17.3 Å². The van der Waals surface area contributed by atoms with Gasteiger partial charge in [0.05, 0.1) is 5.52 Å². The summed E-state index contributed by atoms with van der Waals surface area (Å²) < 4.78 is 2.20. The van der Waals surface area contributed by atoms with Gasteiger partial charge >= 0.3 is 0 Å². The average Bonchev–Trinajstić information content (AvgIpc) is 2.99. The summed E-state index contributed by atoms with van der Waals surface area (Å²) >= 11 is 0. The molecule has 5 nitrogen and oxygen atoms in total. The predicted octanol–water partition coefficient (Wildman–Crippen LogP) is 4.44. The molecule has 0 saturated carbocycles. The van der Waals surface area contributed by atoms with Crippen molar-refractivity contribution in [3.05, 3.63) is 67.0 Å². The molecule has 0 amide bonds. The lowest BCUT2D eigenvalue weighted by Gasteiger charge is -2.13. The normalized spacial score (nSPS) is 10.9. The van der Waals surface area contributed by atoms with Crippen molar-refractivity contribution in [2.24, 2.45) is 7.05 Å². The highest BCUT2D eigenvalue weighted by molar-refractivity contribution is 5.88. The Hall–Kier alpha value is -3.34. The van der Waals surface area contributed by atoms with Crippen LogP contribution in [0.2, 0.25) is 0 Å². The molecule has 0 bridgehead atoms. The molecular formula is C21H21N5. The maximum absolute atomic E-state index is 4.52. The van der Waals surface area contributed by atoms with Crippen molar-refractivity contribution in [1.29, 1.82) is 0 Å². The topological polar surface area (TPSA) is 46.0 Å². The lowest BCUT2D eigenvalue weighted by molar-refractivity contribution is 0.977. The van der Waals surface area contributed by atoms with Crippen LogP contribution in [0, 0.1) is 0 Å². The minimum Gasteiger partial charge on any atom is -0.378 e. The summed E-state index contributed by atoms with van der Waals surface area (Å²) in [4.78, 5) is 10.9. The number of anilines is 3. The van der Waals surface area contributed by atoms with Crippen LogP contribution in [-0.2, 0) is 7.05 Å². The summed E-state index contributed by atoms with van der Waals surface area (Å²) in [5.41, 5.74) is 4.68. The van der Waals surface area contributed by atoms with Crippen molar-refractivity contribution < 1.29 is 0 Å². The zero-order valence-electron chi connectivity index (χ0n) is 15.1. The van der Waals surface area contributed by atoms with Gasteiger partial charge in [-0.05, 0) is 35.9 Å². The molecule has 0 radical (unpaired) electrons. The highest BCUT2D eigenvalue weighted by Crippen LogP contribution is 2.29. The van der Waals surface area contributed by atoms with Gasteiger partial charge in [-0.1, -0.05) is 18.2 Å². The maximum atomic E-state index is 4.52. The van der Waals surface area contributed by atoms with Gasteiger partial charge < -0.3 is 14.8 Å². The van der Waals surface area contributed by atoms with Crippen molar-refractivity contribution in [1.82, 2.24) is 14.5 Å². The Morgan fingerprint density at radius 3 is 2.42 bits per heavy atom. The first-order valence-corrected chi connectivity index (χ1v) is 8.53. The molecule has 1 N–H and O–H groups in total. The number of nitrogens with one attached hydrogen (secondary N) is 1. The third-order valence-electron chi connectivity index (χ3n) is 4.53. The standard InChI is InChI=1S/C21H21N5/c1-25(2)17-9-7-15(8-10-17)18-12-16-14-23-21(13-19(16)26(18)3)24-20-6-4-5-11-22-20/h4-14H,1-3H3,(H,22,23,24). The van der Waals surface area contributed by atoms with E-state index in [0.717, 1.165) is 22.5 Å². The van der Waals surface area contributed by atoms with Gasteiger partial charge in [0.15, 0.2) is 0 Å². The number of nitrogens with zero attached hydrogens (tertiary/aromatic N) is 4. The SMILES string of the molecule is CN(C)c1ccc(-c2cc3cnc(Nc4ccccn4)cc3n2C)cc1. The molecule has 0 spiro atoms. The first-order valence-electron chi connectivity index (χ1n) is 8.53. The van der Waals surface area contributed by atoms with Crippen LogP contribution >= 0.6 is 0 Å². The van der Waals surface area contributed by atoms with E-state index in [-0.39, 0.29) is 0 Å². The molecule has 130 valence electrons. The van der Waals surface area contributed by atoms with E-state index in [9.17, 15) is 0 Å². The fourth-order valence-corrected chi connectivity index (χ4v) is 3.07. The fraction of sp³-hybridized carbons (Fsp3) is 0.143. The number of benzene rings is 1. The summed E-state index contributed by atoms with van der Waals surface area (Å²) in [6.07, 6.45) is 3.66. The molecule has 26 heavy (non-hydrogen) atoms. The molecule has 4 aromatic rings. The van der Waals surface area contributed by atoms with E-state index in [1.54, 1.807) is 6.20 Å². The van der Waals surface area contributed by atoms with E-state index in [1.807, 2.05) is 38.5 Å². The molecule has 1 aromatic carbocycles. The van der Waals surface area contributed by atoms with Gasteiger partial charge in [0, 0.05) is 56.4 Å². The molecule has 0 atom stereocenters. The second kappa shape index (κ2) is 6.52. The van der Waals surface area contributed by atoms with Crippen molar-refractivity contribution in [2.45, 2.75) is 0 Å². The number of pyridine rings is 2. The number of rotatable bonds is 4. The second-order valence-electron chi connectivity index (χ2n) is 6.50. The van der Waals surface area contributed by atoms with Crippen LogP contribution in [0.3, 0.4) is 0 Å². The lowest BCUT2D eigenvalue weighted by Crippen LogP contribution is -2.08. The summed E-state index contributed by atoms with van der Waals surface area (Å²) in [7, 11) is 6.18. The molecule has 0 unspecified atom stereocenters. The second-order valence-corrected chi connectivity index (χ2v) is 6.50. The highest BCUT2D eigenvalue weighted by Gasteiger charge is 2.10. The molecule has 0 fully saturated rings. The highest BCUT2D eigenvalue weighted by atomic mass is 15.1. The van der Waals surface area contributed by atoms with E-state index >= 15 is 0 Å². The molecule has 3 heterocycles. The van der Waals surface area contributed by atoms with Crippen molar-refractivity contribution in [3.63, 3.8) is 0 Å². The maximum Gasteiger partial charge on any atom is 0.133 e. The third kappa shape index (κ3) is 2.99. The quantitative estimate of drug-likeness (QED) is 0.595. The zero-order valence-corrected chi connectivity index (χ0v) is 15.1. The van der Waals surface area contributed by atoms with Crippen LogP contribution in [0.15, 0.2) is 67.0 Å². The number of hydrogen-bond donors (Lipinski definition) is 1. The minimum absolute atomic E-state index is 0.784. The van der Waals surface area contributed by atoms with Crippen molar-refractivity contribution in [3.8, 4) is 11.3 Å². The molecule has 0 aliphatic carbocycles. The Bertz CT molecular complexity index is 1030. The van der Waals surface area contributed by atoms with Crippen molar-refractivity contribution >= 4 is 28.2 Å². The zero-order chi connectivity index (χ0) is 18.1. The molecule has 4 rings (SSSR count). The van der Waals surface area contributed by atoms with Gasteiger partial charge in [-0.2, -0.15) is 0 Å². The Labute approximate surface area is 152 Å². The molecule has 3 aromatic heterocycles. The van der Waals surface area contributed by atoms with Crippen molar-refractivity contribution in [2.75, 3.05) is 24.3 Å². The minimum atomic E-state index is 0.784. The Morgan fingerprint density at radius 2 is 1.73 bits per heavy atom. The van der Waals surface area contributed by atoms with Gasteiger partial charge in [-0.15, -0.1) is 0 Å². The predicted molar refractivity (Wildman–Crippen MR) is 108 cm³/mol. The summed E-state index contributed by atoms with van der Waals surface area (Å²) in [5.74, 6) is 1.57.